The Labute approximate surface area is 150 Å². The van der Waals surface area contributed by atoms with Gasteiger partial charge < -0.3 is 19.7 Å². The number of benzene rings is 1. The summed E-state index contributed by atoms with van der Waals surface area (Å²) in [5, 5.41) is 3.14. The molecule has 1 aromatic carbocycles. The van der Waals surface area contributed by atoms with E-state index in [1.165, 1.54) is 5.56 Å². The zero-order valence-corrected chi connectivity index (χ0v) is 15.2. The van der Waals surface area contributed by atoms with E-state index in [4.69, 9.17) is 9.47 Å². The van der Waals surface area contributed by atoms with Crippen LogP contribution in [-0.4, -0.2) is 68.9 Å². The lowest BCUT2D eigenvalue weighted by Crippen LogP contribution is -2.46. The van der Waals surface area contributed by atoms with Crippen LogP contribution in [0.3, 0.4) is 0 Å². The number of carbonyl (C=O) groups excluding carboxylic acids is 1. The lowest BCUT2D eigenvalue weighted by atomic mass is 10.0. The highest BCUT2D eigenvalue weighted by atomic mass is 16.5. The quantitative estimate of drug-likeness (QED) is 0.886. The SMILES string of the molecule is COc1ccc([C@@H](CNC(=O)N2CC[C@@H](C)C2)N2CCOCC2)cc1. The lowest BCUT2D eigenvalue weighted by Gasteiger charge is -2.35. The second-order valence-electron chi connectivity index (χ2n) is 6.96. The average molecular weight is 347 g/mol. The molecule has 2 saturated heterocycles. The third kappa shape index (κ3) is 4.64. The smallest absolute Gasteiger partial charge is 0.317 e. The lowest BCUT2D eigenvalue weighted by molar-refractivity contribution is 0.0165. The van der Waals surface area contributed by atoms with Crippen molar-refractivity contribution in [3.05, 3.63) is 29.8 Å². The summed E-state index contributed by atoms with van der Waals surface area (Å²) in [6, 6.07) is 8.33. The Hall–Kier alpha value is -1.79. The molecular formula is C19H29N3O3. The van der Waals surface area contributed by atoms with E-state index in [1.54, 1.807) is 7.11 Å². The van der Waals surface area contributed by atoms with Crippen molar-refractivity contribution >= 4 is 6.03 Å². The summed E-state index contributed by atoms with van der Waals surface area (Å²) >= 11 is 0. The van der Waals surface area contributed by atoms with Gasteiger partial charge in [0.1, 0.15) is 5.75 Å². The van der Waals surface area contributed by atoms with Crippen LogP contribution in [0.15, 0.2) is 24.3 Å². The van der Waals surface area contributed by atoms with Crippen LogP contribution in [0, 0.1) is 5.92 Å². The Balaban J connectivity index is 1.66. The van der Waals surface area contributed by atoms with Crippen molar-refractivity contribution in [3.63, 3.8) is 0 Å². The van der Waals surface area contributed by atoms with E-state index in [0.717, 1.165) is 51.6 Å². The number of ether oxygens (including phenoxy) is 2. The molecule has 2 aliphatic rings. The molecule has 2 amide bonds. The highest BCUT2D eigenvalue weighted by molar-refractivity contribution is 5.74. The summed E-state index contributed by atoms with van der Waals surface area (Å²) in [5.74, 6) is 1.45. The first-order valence-electron chi connectivity index (χ1n) is 9.16. The zero-order chi connectivity index (χ0) is 17.6. The largest absolute Gasteiger partial charge is 0.497 e. The Morgan fingerprint density at radius 3 is 2.60 bits per heavy atom. The molecule has 138 valence electrons. The molecule has 0 aromatic heterocycles. The van der Waals surface area contributed by atoms with E-state index >= 15 is 0 Å². The van der Waals surface area contributed by atoms with Crippen LogP contribution in [0.5, 0.6) is 5.75 Å². The molecule has 1 N–H and O–H groups in total. The van der Waals surface area contributed by atoms with Crippen LogP contribution in [0.2, 0.25) is 0 Å². The molecule has 0 spiro atoms. The number of methoxy groups -OCH3 is 1. The van der Waals surface area contributed by atoms with Crippen LogP contribution in [0.1, 0.15) is 24.9 Å². The van der Waals surface area contributed by atoms with Gasteiger partial charge in [-0.15, -0.1) is 0 Å². The molecule has 0 aliphatic carbocycles. The van der Waals surface area contributed by atoms with Gasteiger partial charge in [-0.25, -0.2) is 4.79 Å². The molecule has 6 heteroatoms. The number of morpholine rings is 1. The fourth-order valence-electron chi connectivity index (χ4n) is 3.59. The van der Waals surface area contributed by atoms with Crippen LogP contribution < -0.4 is 10.1 Å². The normalized spacial score (nSPS) is 22.6. The molecule has 0 unspecified atom stereocenters. The van der Waals surface area contributed by atoms with Gasteiger partial charge >= 0.3 is 6.03 Å². The summed E-state index contributed by atoms with van der Waals surface area (Å²) in [5.41, 5.74) is 1.19. The summed E-state index contributed by atoms with van der Waals surface area (Å²) < 4.78 is 10.7. The standard InChI is InChI=1S/C19H29N3O3/c1-15-7-8-22(14-15)19(23)20-13-18(21-9-11-25-12-10-21)16-3-5-17(24-2)6-4-16/h3-6,15,18H,7-14H2,1-2H3,(H,20,23)/t15-,18-/m1/s1. The van der Waals surface area contributed by atoms with E-state index in [0.29, 0.717) is 12.5 Å². The first-order chi connectivity index (χ1) is 12.2. The molecule has 25 heavy (non-hydrogen) atoms. The highest BCUT2D eigenvalue weighted by Gasteiger charge is 2.26. The molecule has 0 radical (unpaired) electrons. The molecule has 1 aromatic rings. The van der Waals surface area contributed by atoms with Crippen LogP contribution >= 0.6 is 0 Å². The Bertz CT molecular complexity index is 558. The highest BCUT2D eigenvalue weighted by Crippen LogP contribution is 2.24. The van der Waals surface area contributed by atoms with E-state index in [2.05, 4.69) is 29.3 Å². The summed E-state index contributed by atoms with van der Waals surface area (Å²) in [4.78, 5) is 16.8. The van der Waals surface area contributed by atoms with Gasteiger partial charge in [0, 0.05) is 32.7 Å². The van der Waals surface area contributed by atoms with Crippen molar-refractivity contribution < 1.29 is 14.3 Å². The van der Waals surface area contributed by atoms with Crippen molar-refractivity contribution in [3.8, 4) is 5.75 Å². The van der Waals surface area contributed by atoms with Gasteiger partial charge in [-0.1, -0.05) is 19.1 Å². The van der Waals surface area contributed by atoms with Crippen LogP contribution in [0.25, 0.3) is 0 Å². The van der Waals surface area contributed by atoms with Gasteiger partial charge in [0.2, 0.25) is 0 Å². The third-order valence-corrected chi connectivity index (χ3v) is 5.14. The van der Waals surface area contributed by atoms with Crippen LogP contribution in [-0.2, 0) is 4.74 Å². The first kappa shape index (κ1) is 18.0. The predicted molar refractivity (Wildman–Crippen MR) is 96.9 cm³/mol. The monoisotopic (exact) mass is 347 g/mol. The second-order valence-corrected chi connectivity index (χ2v) is 6.96. The second kappa shape index (κ2) is 8.54. The minimum atomic E-state index is 0.0520. The van der Waals surface area contributed by atoms with E-state index in [1.807, 2.05) is 17.0 Å². The number of amides is 2. The van der Waals surface area contributed by atoms with Crippen molar-refractivity contribution in [1.29, 1.82) is 0 Å². The van der Waals surface area contributed by atoms with Crippen molar-refractivity contribution in [2.45, 2.75) is 19.4 Å². The third-order valence-electron chi connectivity index (χ3n) is 5.14. The molecule has 6 nitrogen and oxygen atoms in total. The van der Waals surface area contributed by atoms with Crippen molar-refractivity contribution in [2.75, 3.05) is 53.0 Å². The minimum Gasteiger partial charge on any atom is -0.497 e. The average Bonchev–Trinajstić information content (AvgIpc) is 3.10. The van der Waals surface area contributed by atoms with Gasteiger partial charge in [-0.3, -0.25) is 4.90 Å². The summed E-state index contributed by atoms with van der Waals surface area (Å²) in [7, 11) is 1.67. The maximum atomic E-state index is 12.5. The van der Waals surface area contributed by atoms with Gasteiger partial charge in [0.15, 0.2) is 0 Å². The Morgan fingerprint density at radius 1 is 1.28 bits per heavy atom. The van der Waals surface area contributed by atoms with E-state index in [-0.39, 0.29) is 12.1 Å². The number of likely N-dealkylation sites (tertiary alicyclic amines) is 1. The van der Waals surface area contributed by atoms with Crippen molar-refractivity contribution in [2.24, 2.45) is 5.92 Å². The number of hydrogen-bond acceptors (Lipinski definition) is 4. The number of hydrogen-bond donors (Lipinski definition) is 1. The number of nitrogens with zero attached hydrogens (tertiary/aromatic N) is 2. The fourth-order valence-corrected chi connectivity index (χ4v) is 3.59. The Morgan fingerprint density at radius 2 is 2.00 bits per heavy atom. The van der Waals surface area contributed by atoms with E-state index < -0.39 is 0 Å². The molecule has 0 bridgehead atoms. The number of nitrogens with one attached hydrogen (secondary N) is 1. The molecule has 2 aliphatic heterocycles. The fraction of sp³-hybridized carbons (Fsp3) is 0.632. The first-order valence-corrected chi connectivity index (χ1v) is 9.16. The van der Waals surface area contributed by atoms with Gasteiger partial charge in [-0.05, 0) is 30.0 Å². The maximum Gasteiger partial charge on any atom is 0.317 e. The molecular weight excluding hydrogens is 318 g/mol. The molecule has 2 heterocycles. The van der Waals surface area contributed by atoms with E-state index in [9.17, 15) is 4.79 Å². The van der Waals surface area contributed by atoms with Gasteiger partial charge in [0.25, 0.3) is 0 Å². The summed E-state index contributed by atoms with van der Waals surface area (Å²) in [6.45, 7) is 7.76. The van der Waals surface area contributed by atoms with Gasteiger partial charge in [0.05, 0.1) is 26.4 Å². The minimum absolute atomic E-state index is 0.0520. The maximum absolute atomic E-state index is 12.5. The predicted octanol–water partition coefficient (Wildman–Crippen LogP) is 2.12. The van der Waals surface area contributed by atoms with Crippen LogP contribution in [0.4, 0.5) is 4.79 Å². The topological polar surface area (TPSA) is 54.0 Å². The Kier molecular flexibility index (Phi) is 6.15. The number of rotatable bonds is 5. The molecule has 2 atom stereocenters. The summed E-state index contributed by atoms with van der Waals surface area (Å²) in [6.07, 6.45) is 1.10. The number of carbonyl (C=O) groups is 1. The van der Waals surface area contributed by atoms with Crippen molar-refractivity contribution in [1.82, 2.24) is 15.1 Å². The molecule has 3 rings (SSSR count). The zero-order valence-electron chi connectivity index (χ0n) is 15.2. The molecule has 2 fully saturated rings. The number of urea groups is 1. The molecule has 0 saturated carbocycles. The van der Waals surface area contributed by atoms with Gasteiger partial charge in [-0.2, -0.15) is 0 Å².